The first kappa shape index (κ1) is 32.6. The van der Waals surface area contributed by atoms with E-state index < -0.39 is 34.0 Å². The predicted octanol–water partition coefficient (Wildman–Crippen LogP) is 6.05. The molecule has 0 aromatic carbocycles. The predicted molar refractivity (Wildman–Crippen MR) is 148 cm³/mol. The van der Waals surface area contributed by atoms with Crippen molar-refractivity contribution in [3.8, 4) is 0 Å². The van der Waals surface area contributed by atoms with Crippen LogP contribution in [0.1, 0.15) is 58.3 Å². The fourth-order valence-corrected chi connectivity index (χ4v) is 22.0. The fourth-order valence-electron chi connectivity index (χ4n) is 4.09. The maximum absolute atomic E-state index is 7.08. The summed E-state index contributed by atoms with van der Waals surface area (Å²) in [6.45, 7) is 20.3. The van der Waals surface area contributed by atoms with Gasteiger partial charge in [-0.25, -0.2) is 0 Å². The molecule has 1 atom stereocenters. The summed E-state index contributed by atoms with van der Waals surface area (Å²) in [6, 6.07) is 2.05. The molecule has 0 bridgehead atoms. The Morgan fingerprint density at radius 2 is 1.19 bits per heavy atom. The van der Waals surface area contributed by atoms with Gasteiger partial charge >= 0.3 is 25.7 Å². The van der Waals surface area contributed by atoms with Crippen molar-refractivity contribution in [1.82, 2.24) is 5.32 Å². The van der Waals surface area contributed by atoms with Crippen LogP contribution in [-0.2, 0) is 16.8 Å². The second-order valence-electron chi connectivity index (χ2n) is 10.8. The summed E-state index contributed by atoms with van der Waals surface area (Å²) in [5, 5.41) is 3.41. The smallest absolute Gasteiger partial charge is 0.322 e. The molecular formula is C22H56N2O4Si4. The van der Waals surface area contributed by atoms with Crippen molar-refractivity contribution in [2.45, 2.75) is 116 Å². The van der Waals surface area contributed by atoms with Crippen LogP contribution in [0.5, 0.6) is 0 Å². The average molecular weight is 525 g/mol. The minimum absolute atomic E-state index is 0.685. The minimum atomic E-state index is -2.48. The number of nitrogens with two attached hydrogens (primary N) is 1. The van der Waals surface area contributed by atoms with E-state index in [9.17, 15) is 0 Å². The van der Waals surface area contributed by atoms with Gasteiger partial charge < -0.3 is 27.8 Å². The van der Waals surface area contributed by atoms with E-state index in [4.69, 9.17) is 22.5 Å². The van der Waals surface area contributed by atoms with Crippen molar-refractivity contribution in [2.24, 2.45) is 5.73 Å². The third kappa shape index (κ3) is 17.1. The summed E-state index contributed by atoms with van der Waals surface area (Å²) < 4.78 is 26.5. The Labute approximate surface area is 204 Å². The molecule has 0 aliphatic heterocycles. The van der Waals surface area contributed by atoms with E-state index in [-0.39, 0.29) is 0 Å². The van der Waals surface area contributed by atoms with Crippen molar-refractivity contribution >= 4 is 34.0 Å². The Morgan fingerprint density at radius 3 is 1.72 bits per heavy atom. The molecule has 6 nitrogen and oxygen atoms in total. The van der Waals surface area contributed by atoms with Gasteiger partial charge in [-0.15, -0.1) is 0 Å². The molecule has 0 rings (SSSR count). The first-order valence-electron chi connectivity index (χ1n) is 12.9. The van der Waals surface area contributed by atoms with Gasteiger partial charge in [0.25, 0.3) is 0 Å². The van der Waals surface area contributed by atoms with Gasteiger partial charge in [-0.05, 0) is 70.9 Å². The number of hydrogen-bond acceptors (Lipinski definition) is 6. The topological polar surface area (TPSA) is 75.0 Å². The van der Waals surface area contributed by atoms with Gasteiger partial charge in [0.2, 0.25) is 0 Å². The normalized spacial score (nSPS) is 15.2. The van der Waals surface area contributed by atoms with Crippen LogP contribution in [0.3, 0.4) is 0 Å². The van der Waals surface area contributed by atoms with Crippen LogP contribution in [0.4, 0.5) is 0 Å². The summed E-state index contributed by atoms with van der Waals surface area (Å²) in [5.74, 6) is 0. The molecule has 3 N–H and O–H groups in total. The highest BCUT2D eigenvalue weighted by Crippen LogP contribution is 2.33. The standard InChI is InChI=1S/C22H56N2O4Si4/c1-10-11-12-13-14-16-21-32(27-30(6,7)25-2,22-17-15-19-24-20-18-23)28-31(8,9)26-29(3,4)5/h24H,10-23H2,1-9H3. The highest BCUT2D eigenvalue weighted by molar-refractivity contribution is 6.89. The van der Waals surface area contributed by atoms with Crippen LogP contribution in [0, 0.1) is 0 Å². The van der Waals surface area contributed by atoms with Gasteiger partial charge in [-0.2, -0.15) is 0 Å². The zero-order valence-electron chi connectivity index (χ0n) is 22.9. The lowest BCUT2D eigenvalue weighted by atomic mass is 10.1. The van der Waals surface area contributed by atoms with Crippen LogP contribution in [0.25, 0.3) is 0 Å². The summed E-state index contributed by atoms with van der Waals surface area (Å²) >= 11 is 0. The Hall–Kier alpha value is 0.628. The Balaban J connectivity index is 5.45. The van der Waals surface area contributed by atoms with Gasteiger partial charge in [0, 0.05) is 20.2 Å². The summed E-state index contributed by atoms with van der Waals surface area (Å²) in [4.78, 5) is 0. The Morgan fingerprint density at radius 1 is 0.656 bits per heavy atom. The van der Waals surface area contributed by atoms with Crippen LogP contribution < -0.4 is 11.1 Å². The third-order valence-electron chi connectivity index (χ3n) is 5.30. The van der Waals surface area contributed by atoms with E-state index in [0.29, 0.717) is 6.54 Å². The molecule has 194 valence electrons. The van der Waals surface area contributed by atoms with Gasteiger partial charge in [-0.3, -0.25) is 0 Å². The van der Waals surface area contributed by atoms with E-state index >= 15 is 0 Å². The lowest BCUT2D eigenvalue weighted by molar-refractivity contribution is 0.254. The van der Waals surface area contributed by atoms with E-state index in [0.717, 1.165) is 38.0 Å². The van der Waals surface area contributed by atoms with Gasteiger partial charge in [0.1, 0.15) is 0 Å². The molecule has 0 heterocycles. The van der Waals surface area contributed by atoms with E-state index in [1.807, 2.05) is 0 Å². The van der Waals surface area contributed by atoms with Gasteiger partial charge in [-0.1, -0.05) is 51.9 Å². The molecule has 10 heteroatoms. The van der Waals surface area contributed by atoms with Gasteiger partial charge in [0.15, 0.2) is 8.32 Å². The van der Waals surface area contributed by atoms with E-state index in [2.05, 4.69) is 58.1 Å². The first-order chi connectivity index (χ1) is 14.8. The molecule has 0 saturated heterocycles. The molecule has 0 spiro atoms. The van der Waals surface area contributed by atoms with Crippen molar-refractivity contribution in [3.63, 3.8) is 0 Å². The quantitative estimate of drug-likeness (QED) is 0.141. The number of rotatable bonds is 21. The molecule has 0 radical (unpaired) electrons. The van der Waals surface area contributed by atoms with Crippen LogP contribution in [0.2, 0.25) is 57.9 Å². The zero-order chi connectivity index (χ0) is 24.7. The lowest BCUT2D eigenvalue weighted by Crippen LogP contribution is -2.59. The zero-order valence-corrected chi connectivity index (χ0v) is 26.9. The van der Waals surface area contributed by atoms with Crippen LogP contribution in [0.15, 0.2) is 0 Å². The van der Waals surface area contributed by atoms with Crippen molar-refractivity contribution < 1.29 is 16.8 Å². The molecule has 0 aromatic rings. The molecular weight excluding hydrogens is 469 g/mol. The summed E-state index contributed by atoms with van der Waals surface area (Å²) in [7, 11) is -6.97. The Kier molecular flexibility index (Phi) is 16.6. The molecule has 0 saturated carbocycles. The number of unbranched alkanes of at least 4 members (excludes halogenated alkanes) is 6. The second-order valence-corrected chi connectivity index (χ2v) is 26.3. The molecule has 0 fully saturated rings. The molecule has 0 aliphatic carbocycles. The number of hydrogen-bond donors (Lipinski definition) is 2. The summed E-state index contributed by atoms with van der Waals surface area (Å²) in [5.41, 5.74) is 5.60. The molecule has 32 heavy (non-hydrogen) atoms. The maximum Gasteiger partial charge on any atom is 0.322 e. The molecule has 1 unspecified atom stereocenters. The maximum atomic E-state index is 7.08. The highest BCUT2D eigenvalue weighted by Gasteiger charge is 2.48. The summed E-state index contributed by atoms with van der Waals surface area (Å²) in [6.07, 6.45) is 9.90. The van der Waals surface area contributed by atoms with Crippen LogP contribution in [-0.4, -0.2) is 60.7 Å². The monoisotopic (exact) mass is 524 g/mol. The second kappa shape index (κ2) is 16.3. The number of nitrogens with one attached hydrogen (secondary N) is 1. The van der Waals surface area contributed by atoms with E-state index in [1.165, 1.54) is 38.5 Å². The van der Waals surface area contributed by atoms with Gasteiger partial charge in [0.05, 0.1) is 0 Å². The van der Waals surface area contributed by atoms with Crippen LogP contribution >= 0.6 is 0 Å². The fraction of sp³-hybridized carbons (Fsp3) is 1.00. The lowest BCUT2D eigenvalue weighted by Gasteiger charge is -2.43. The third-order valence-corrected chi connectivity index (χ3v) is 19.8. The van der Waals surface area contributed by atoms with Crippen molar-refractivity contribution in [1.29, 1.82) is 0 Å². The van der Waals surface area contributed by atoms with E-state index in [1.54, 1.807) is 7.11 Å². The largest absolute Gasteiger partial charge is 0.437 e. The molecule has 0 amide bonds. The van der Waals surface area contributed by atoms with Crippen molar-refractivity contribution in [3.05, 3.63) is 0 Å². The minimum Gasteiger partial charge on any atom is -0.437 e. The highest BCUT2D eigenvalue weighted by atomic mass is 28.5. The Bertz CT molecular complexity index is 461. The SMILES string of the molecule is CCCCCCCC[Si](CCCCNCCN)(O[Si](C)(C)OC)O[Si](C)(C)O[Si](C)(C)C. The molecule has 0 aliphatic rings. The van der Waals surface area contributed by atoms with Crippen molar-refractivity contribution in [2.75, 3.05) is 26.7 Å². The first-order valence-corrected chi connectivity index (χ1v) is 24.1. The molecule has 0 aromatic heterocycles. The average Bonchev–Trinajstić information content (AvgIpc) is 2.64.